The standard InChI is InChI=1S/C12H16F2O2/c1-3-5-8-16-10-7-6-9(15-4-2)11(13)12(10)14/h6-7H,3-5,8H2,1-2H3. The highest BCUT2D eigenvalue weighted by Crippen LogP contribution is 2.27. The predicted octanol–water partition coefficient (Wildman–Crippen LogP) is 3.54. The lowest BCUT2D eigenvalue weighted by Crippen LogP contribution is -2.02. The maximum Gasteiger partial charge on any atom is 0.204 e. The molecule has 0 saturated carbocycles. The van der Waals surface area contributed by atoms with Crippen molar-refractivity contribution < 1.29 is 18.3 Å². The maximum atomic E-state index is 13.4. The third-order valence-corrected chi connectivity index (χ3v) is 2.07. The Labute approximate surface area is 94.2 Å². The molecule has 0 aromatic heterocycles. The minimum Gasteiger partial charge on any atom is -0.491 e. The Bertz CT molecular complexity index is 340. The number of rotatable bonds is 6. The minimum atomic E-state index is -0.990. The quantitative estimate of drug-likeness (QED) is 0.696. The summed E-state index contributed by atoms with van der Waals surface area (Å²) in [5.41, 5.74) is 0. The summed E-state index contributed by atoms with van der Waals surface area (Å²) in [6.07, 6.45) is 1.76. The molecular formula is C12H16F2O2. The molecule has 90 valence electrons. The summed E-state index contributed by atoms with van der Waals surface area (Å²) in [5, 5.41) is 0. The Hall–Kier alpha value is -1.32. The van der Waals surface area contributed by atoms with Crippen LogP contribution >= 0.6 is 0 Å². The van der Waals surface area contributed by atoms with Crippen LogP contribution in [0.1, 0.15) is 26.7 Å². The highest BCUT2D eigenvalue weighted by Gasteiger charge is 2.14. The normalized spacial score (nSPS) is 10.2. The Kier molecular flexibility index (Phi) is 5.02. The zero-order valence-corrected chi connectivity index (χ0v) is 9.56. The van der Waals surface area contributed by atoms with Gasteiger partial charge in [0.25, 0.3) is 0 Å². The molecule has 16 heavy (non-hydrogen) atoms. The maximum absolute atomic E-state index is 13.4. The van der Waals surface area contributed by atoms with E-state index in [-0.39, 0.29) is 11.5 Å². The van der Waals surface area contributed by atoms with Gasteiger partial charge in [0.05, 0.1) is 13.2 Å². The molecule has 0 spiro atoms. The predicted molar refractivity (Wildman–Crippen MR) is 57.9 cm³/mol. The van der Waals surface area contributed by atoms with E-state index in [2.05, 4.69) is 0 Å². The molecular weight excluding hydrogens is 214 g/mol. The smallest absolute Gasteiger partial charge is 0.204 e. The average Bonchev–Trinajstić information content (AvgIpc) is 2.28. The third kappa shape index (κ3) is 3.08. The number of halogens is 2. The van der Waals surface area contributed by atoms with Crippen molar-refractivity contribution in [1.82, 2.24) is 0 Å². The van der Waals surface area contributed by atoms with Crippen molar-refractivity contribution in [2.75, 3.05) is 13.2 Å². The van der Waals surface area contributed by atoms with Crippen molar-refractivity contribution in [1.29, 1.82) is 0 Å². The molecule has 0 N–H and O–H groups in total. The monoisotopic (exact) mass is 230 g/mol. The third-order valence-electron chi connectivity index (χ3n) is 2.07. The van der Waals surface area contributed by atoms with Crippen LogP contribution in [0.15, 0.2) is 12.1 Å². The molecule has 2 nitrogen and oxygen atoms in total. The number of hydrogen-bond acceptors (Lipinski definition) is 2. The van der Waals surface area contributed by atoms with E-state index in [0.29, 0.717) is 13.2 Å². The van der Waals surface area contributed by atoms with Gasteiger partial charge in [0.15, 0.2) is 11.5 Å². The fourth-order valence-corrected chi connectivity index (χ4v) is 1.22. The molecule has 0 saturated heterocycles. The summed E-state index contributed by atoms with van der Waals surface area (Å²) in [6.45, 7) is 4.40. The number of ether oxygens (including phenoxy) is 2. The van der Waals surface area contributed by atoms with E-state index in [1.165, 1.54) is 12.1 Å². The summed E-state index contributed by atoms with van der Waals surface area (Å²) in [7, 11) is 0. The first-order chi connectivity index (χ1) is 7.70. The van der Waals surface area contributed by atoms with Crippen LogP contribution in [0.4, 0.5) is 8.78 Å². The van der Waals surface area contributed by atoms with E-state index in [1.54, 1.807) is 6.92 Å². The largest absolute Gasteiger partial charge is 0.491 e. The lowest BCUT2D eigenvalue weighted by Gasteiger charge is -2.09. The van der Waals surface area contributed by atoms with E-state index in [4.69, 9.17) is 9.47 Å². The Morgan fingerprint density at radius 3 is 2.06 bits per heavy atom. The summed E-state index contributed by atoms with van der Waals surface area (Å²) < 4.78 is 36.9. The Morgan fingerprint density at radius 1 is 1.00 bits per heavy atom. The van der Waals surface area contributed by atoms with Crippen molar-refractivity contribution in [3.63, 3.8) is 0 Å². The van der Waals surface area contributed by atoms with Crippen LogP contribution < -0.4 is 9.47 Å². The van der Waals surface area contributed by atoms with Crippen LogP contribution in [0.5, 0.6) is 11.5 Å². The number of benzene rings is 1. The lowest BCUT2D eigenvalue weighted by atomic mass is 10.3. The second-order valence-electron chi connectivity index (χ2n) is 3.32. The Morgan fingerprint density at radius 2 is 1.56 bits per heavy atom. The summed E-state index contributed by atoms with van der Waals surface area (Å²) >= 11 is 0. The minimum absolute atomic E-state index is 0.0607. The molecule has 0 heterocycles. The first kappa shape index (κ1) is 12.7. The van der Waals surface area contributed by atoms with Crippen molar-refractivity contribution >= 4 is 0 Å². The first-order valence-corrected chi connectivity index (χ1v) is 5.44. The molecule has 0 amide bonds. The zero-order valence-electron chi connectivity index (χ0n) is 9.56. The van der Waals surface area contributed by atoms with Gasteiger partial charge < -0.3 is 9.47 Å². The molecule has 1 aromatic rings. The molecule has 0 radical (unpaired) electrons. The van der Waals surface area contributed by atoms with Crippen molar-refractivity contribution in [3.8, 4) is 11.5 Å². The molecule has 0 aliphatic carbocycles. The highest BCUT2D eigenvalue weighted by molar-refractivity contribution is 5.34. The molecule has 0 fully saturated rings. The lowest BCUT2D eigenvalue weighted by molar-refractivity contribution is 0.277. The van der Waals surface area contributed by atoms with Crippen LogP contribution in [0.3, 0.4) is 0 Å². The van der Waals surface area contributed by atoms with Gasteiger partial charge in [-0.25, -0.2) is 0 Å². The SMILES string of the molecule is CCCCOc1ccc(OCC)c(F)c1F. The van der Waals surface area contributed by atoms with Crippen molar-refractivity contribution in [2.45, 2.75) is 26.7 Å². The van der Waals surface area contributed by atoms with E-state index < -0.39 is 11.6 Å². The molecule has 1 aromatic carbocycles. The summed E-state index contributed by atoms with van der Waals surface area (Å²) in [4.78, 5) is 0. The van der Waals surface area contributed by atoms with Gasteiger partial charge in [-0.05, 0) is 25.5 Å². The van der Waals surface area contributed by atoms with Gasteiger partial charge >= 0.3 is 0 Å². The van der Waals surface area contributed by atoms with Gasteiger partial charge in [0.2, 0.25) is 11.6 Å². The van der Waals surface area contributed by atoms with E-state index in [9.17, 15) is 8.78 Å². The van der Waals surface area contributed by atoms with Gasteiger partial charge in [0.1, 0.15) is 0 Å². The molecule has 0 bridgehead atoms. The zero-order chi connectivity index (χ0) is 12.0. The first-order valence-electron chi connectivity index (χ1n) is 5.44. The van der Waals surface area contributed by atoms with Gasteiger partial charge in [0, 0.05) is 0 Å². The van der Waals surface area contributed by atoms with Gasteiger partial charge in [-0.3, -0.25) is 0 Å². The number of unbranched alkanes of at least 4 members (excludes halogenated alkanes) is 1. The van der Waals surface area contributed by atoms with E-state index in [0.717, 1.165) is 12.8 Å². The number of hydrogen-bond donors (Lipinski definition) is 0. The molecule has 1 rings (SSSR count). The van der Waals surface area contributed by atoms with Crippen LogP contribution in [0.25, 0.3) is 0 Å². The molecule has 0 unspecified atom stereocenters. The molecule has 4 heteroatoms. The second kappa shape index (κ2) is 6.30. The molecule has 0 aliphatic heterocycles. The fraction of sp³-hybridized carbons (Fsp3) is 0.500. The van der Waals surface area contributed by atoms with Crippen LogP contribution in [-0.2, 0) is 0 Å². The van der Waals surface area contributed by atoms with E-state index >= 15 is 0 Å². The van der Waals surface area contributed by atoms with Crippen LogP contribution in [0.2, 0.25) is 0 Å². The molecule has 0 aliphatic rings. The fourth-order valence-electron chi connectivity index (χ4n) is 1.22. The Balaban J connectivity index is 2.76. The van der Waals surface area contributed by atoms with Crippen LogP contribution in [0, 0.1) is 11.6 Å². The second-order valence-corrected chi connectivity index (χ2v) is 3.32. The van der Waals surface area contributed by atoms with Crippen LogP contribution in [-0.4, -0.2) is 13.2 Å². The van der Waals surface area contributed by atoms with E-state index in [1.807, 2.05) is 6.92 Å². The average molecular weight is 230 g/mol. The summed E-state index contributed by atoms with van der Waals surface area (Å²) in [6, 6.07) is 2.77. The highest BCUT2D eigenvalue weighted by atomic mass is 19.2. The van der Waals surface area contributed by atoms with Gasteiger partial charge in [-0.1, -0.05) is 13.3 Å². The van der Waals surface area contributed by atoms with Crippen molar-refractivity contribution in [3.05, 3.63) is 23.8 Å². The topological polar surface area (TPSA) is 18.5 Å². The van der Waals surface area contributed by atoms with Gasteiger partial charge in [-0.15, -0.1) is 0 Å². The van der Waals surface area contributed by atoms with Gasteiger partial charge in [-0.2, -0.15) is 8.78 Å². The van der Waals surface area contributed by atoms with Crippen molar-refractivity contribution in [2.24, 2.45) is 0 Å². The summed E-state index contributed by atoms with van der Waals surface area (Å²) in [5.74, 6) is -2.12. The molecule has 0 atom stereocenters.